The van der Waals surface area contributed by atoms with Crippen molar-refractivity contribution >= 4 is 10.0 Å². The Kier molecular flexibility index (Phi) is 8.54. The van der Waals surface area contributed by atoms with Crippen LogP contribution in [0.1, 0.15) is 34.6 Å². The number of hydrogen-bond donors (Lipinski definition) is 0. The van der Waals surface area contributed by atoms with Gasteiger partial charge in [-0.25, -0.2) is 8.42 Å². The van der Waals surface area contributed by atoms with E-state index in [1.807, 2.05) is 60.7 Å². The summed E-state index contributed by atoms with van der Waals surface area (Å²) in [4.78, 5) is 0.0844. The van der Waals surface area contributed by atoms with Gasteiger partial charge in [-0.1, -0.05) is 72.8 Å². The van der Waals surface area contributed by atoms with E-state index in [0.29, 0.717) is 17.7 Å². The van der Waals surface area contributed by atoms with Gasteiger partial charge in [-0.15, -0.1) is 0 Å². The van der Waals surface area contributed by atoms with Gasteiger partial charge in [0.1, 0.15) is 5.75 Å². The lowest BCUT2D eigenvalue weighted by Gasteiger charge is -2.26. The summed E-state index contributed by atoms with van der Waals surface area (Å²) in [5.74, 6) is 0.449. The molecule has 0 fully saturated rings. The zero-order valence-electron chi connectivity index (χ0n) is 20.8. The second-order valence-electron chi connectivity index (χ2n) is 8.87. The second kappa shape index (κ2) is 11.8. The normalized spacial score (nSPS) is 12.2. The van der Waals surface area contributed by atoms with Gasteiger partial charge < -0.3 is 4.74 Å². The zero-order chi connectivity index (χ0) is 27.2. The van der Waals surface area contributed by atoms with Crippen molar-refractivity contribution in [3.63, 3.8) is 0 Å². The summed E-state index contributed by atoms with van der Waals surface area (Å²) < 4.78 is 73.2. The van der Waals surface area contributed by atoms with Gasteiger partial charge in [-0.3, -0.25) is 0 Å². The minimum absolute atomic E-state index is 0.0667. The van der Waals surface area contributed by atoms with Crippen molar-refractivity contribution < 1.29 is 26.3 Å². The van der Waals surface area contributed by atoms with Crippen molar-refractivity contribution in [2.45, 2.75) is 30.0 Å². The molecule has 38 heavy (non-hydrogen) atoms. The molecular weight excluding hydrogens is 511 g/mol. The maximum absolute atomic E-state index is 13.8. The number of nitrogens with zero attached hydrogens (tertiary/aromatic N) is 1. The van der Waals surface area contributed by atoms with Crippen LogP contribution >= 0.6 is 0 Å². The molecule has 0 heterocycles. The number of methoxy groups -OCH3 is 1. The molecule has 0 radical (unpaired) electrons. The number of alkyl halides is 3. The lowest BCUT2D eigenvalue weighted by atomic mass is 9.88. The second-order valence-corrected chi connectivity index (χ2v) is 10.8. The monoisotopic (exact) mass is 539 g/mol. The maximum Gasteiger partial charge on any atom is 0.416 e. The van der Waals surface area contributed by atoms with Gasteiger partial charge in [0.15, 0.2) is 0 Å². The van der Waals surface area contributed by atoms with Crippen molar-refractivity contribution in [2.24, 2.45) is 0 Å². The van der Waals surface area contributed by atoms with Gasteiger partial charge in [0.25, 0.3) is 0 Å². The fourth-order valence-corrected chi connectivity index (χ4v) is 5.80. The van der Waals surface area contributed by atoms with E-state index in [0.717, 1.165) is 23.3 Å². The predicted octanol–water partition coefficient (Wildman–Crippen LogP) is 7.13. The molecule has 0 saturated carbocycles. The first-order valence-electron chi connectivity index (χ1n) is 12.1. The van der Waals surface area contributed by atoms with Gasteiger partial charge in [-0.2, -0.15) is 17.5 Å². The van der Waals surface area contributed by atoms with Crippen LogP contribution < -0.4 is 4.74 Å². The molecule has 198 valence electrons. The smallest absolute Gasteiger partial charge is 0.416 e. The van der Waals surface area contributed by atoms with Crippen molar-refractivity contribution in [1.82, 2.24) is 4.31 Å². The number of benzene rings is 4. The molecule has 0 unspecified atom stereocenters. The summed E-state index contributed by atoms with van der Waals surface area (Å²) in [7, 11) is -2.47. The molecule has 4 nitrogen and oxygen atoms in total. The lowest BCUT2D eigenvalue weighted by Crippen LogP contribution is -2.32. The molecule has 0 atom stereocenters. The molecule has 0 bridgehead atoms. The van der Waals surface area contributed by atoms with Gasteiger partial charge in [0.2, 0.25) is 10.0 Å². The SMILES string of the molecule is COc1ccc(S(=O)(=O)N(CCC(c2ccccc2)c2ccccc2)Cc2ccc(C(F)(F)F)cc2)cc1. The Morgan fingerprint density at radius 2 is 1.29 bits per heavy atom. The van der Waals surface area contributed by atoms with Gasteiger partial charge >= 0.3 is 6.18 Å². The molecule has 0 aliphatic rings. The Morgan fingerprint density at radius 3 is 1.76 bits per heavy atom. The van der Waals surface area contributed by atoms with Crippen molar-refractivity contribution in [3.8, 4) is 5.75 Å². The topological polar surface area (TPSA) is 46.6 Å². The molecule has 0 spiro atoms. The molecule has 0 N–H and O–H groups in total. The maximum atomic E-state index is 13.8. The van der Waals surface area contributed by atoms with E-state index >= 15 is 0 Å². The molecule has 0 aliphatic carbocycles. The summed E-state index contributed by atoms with van der Waals surface area (Å²) in [6.45, 7) is 0.0899. The molecule has 0 aromatic heterocycles. The summed E-state index contributed by atoms with van der Waals surface area (Å²) in [5.41, 5.74) is 1.79. The number of hydrogen-bond acceptors (Lipinski definition) is 3. The Bertz CT molecular complexity index is 1370. The van der Waals surface area contributed by atoms with Crippen LogP contribution in [0.15, 0.2) is 114 Å². The third-order valence-electron chi connectivity index (χ3n) is 6.41. The molecule has 0 amide bonds. The van der Waals surface area contributed by atoms with Crippen LogP contribution in [0.2, 0.25) is 0 Å². The number of ether oxygens (including phenoxy) is 1. The summed E-state index contributed by atoms with van der Waals surface area (Å²) in [5, 5.41) is 0. The Morgan fingerprint density at radius 1 is 0.763 bits per heavy atom. The van der Waals surface area contributed by atoms with E-state index in [2.05, 4.69) is 0 Å². The molecule has 0 saturated heterocycles. The van der Waals surface area contributed by atoms with E-state index in [-0.39, 0.29) is 23.9 Å². The quantitative estimate of drug-likeness (QED) is 0.215. The van der Waals surface area contributed by atoms with E-state index in [1.54, 1.807) is 12.1 Å². The number of rotatable bonds is 10. The summed E-state index contributed by atoms with van der Waals surface area (Å²) in [6, 6.07) is 30.4. The zero-order valence-corrected chi connectivity index (χ0v) is 21.6. The first-order valence-corrected chi connectivity index (χ1v) is 13.5. The van der Waals surface area contributed by atoms with E-state index in [1.165, 1.54) is 35.7 Å². The van der Waals surface area contributed by atoms with Crippen LogP contribution in [0.4, 0.5) is 13.2 Å². The Hall–Kier alpha value is -3.62. The average Bonchev–Trinajstić information content (AvgIpc) is 2.93. The molecule has 8 heteroatoms. The Balaban J connectivity index is 1.66. The summed E-state index contributed by atoms with van der Waals surface area (Å²) in [6.07, 6.45) is -3.99. The molecule has 4 aromatic rings. The Labute approximate surface area is 221 Å². The minimum atomic E-state index is -4.47. The third-order valence-corrected chi connectivity index (χ3v) is 8.27. The van der Waals surface area contributed by atoms with Crippen molar-refractivity contribution in [3.05, 3.63) is 131 Å². The van der Waals surface area contributed by atoms with Crippen LogP contribution in [0.3, 0.4) is 0 Å². The first-order chi connectivity index (χ1) is 18.2. The van der Waals surface area contributed by atoms with E-state index in [9.17, 15) is 21.6 Å². The third kappa shape index (κ3) is 6.62. The van der Waals surface area contributed by atoms with Crippen LogP contribution in [0, 0.1) is 0 Å². The standard InChI is InChI=1S/C30H28F3NO3S/c1-37-27-16-18-28(19-17-27)38(35,36)34(22-23-12-14-26(15-13-23)30(31,32)33)21-20-29(24-8-4-2-5-9-24)25-10-6-3-7-11-25/h2-19,29H,20-22H2,1H3. The van der Waals surface area contributed by atoms with Crippen molar-refractivity contribution in [1.29, 1.82) is 0 Å². The largest absolute Gasteiger partial charge is 0.497 e. The van der Waals surface area contributed by atoms with Crippen LogP contribution in [-0.4, -0.2) is 26.4 Å². The summed E-state index contributed by atoms with van der Waals surface area (Å²) >= 11 is 0. The van der Waals surface area contributed by atoms with Gasteiger partial charge in [0, 0.05) is 19.0 Å². The van der Waals surface area contributed by atoms with Crippen LogP contribution in [0.25, 0.3) is 0 Å². The molecule has 4 rings (SSSR count). The van der Waals surface area contributed by atoms with E-state index < -0.39 is 21.8 Å². The highest BCUT2D eigenvalue weighted by Crippen LogP contribution is 2.32. The molecule has 0 aliphatic heterocycles. The fourth-order valence-electron chi connectivity index (χ4n) is 4.35. The predicted molar refractivity (Wildman–Crippen MR) is 141 cm³/mol. The highest BCUT2D eigenvalue weighted by Gasteiger charge is 2.31. The number of halogens is 3. The highest BCUT2D eigenvalue weighted by atomic mass is 32.2. The van der Waals surface area contributed by atoms with Crippen LogP contribution in [-0.2, 0) is 22.7 Å². The molecular formula is C30H28F3NO3S. The van der Waals surface area contributed by atoms with Crippen molar-refractivity contribution in [2.75, 3.05) is 13.7 Å². The molecule has 4 aromatic carbocycles. The van der Waals surface area contributed by atoms with Crippen LogP contribution in [0.5, 0.6) is 5.75 Å². The minimum Gasteiger partial charge on any atom is -0.497 e. The highest BCUT2D eigenvalue weighted by molar-refractivity contribution is 7.89. The number of sulfonamides is 1. The first kappa shape index (κ1) is 27.4. The fraction of sp³-hybridized carbons (Fsp3) is 0.200. The van der Waals surface area contributed by atoms with E-state index in [4.69, 9.17) is 4.74 Å². The lowest BCUT2D eigenvalue weighted by molar-refractivity contribution is -0.137. The average molecular weight is 540 g/mol. The van der Waals surface area contributed by atoms with Gasteiger partial charge in [-0.05, 0) is 59.5 Å². The van der Waals surface area contributed by atoms with Gasteiger partial charge in [0.05, 0.1) is 17.6 Å².